The van der Waals surface area contributed by atoms with E-state index in [4.69, 9.17) is 0 Å². The van der Waals surface area contributed by atoms with Crippen LogP contribution in [0.25, 0.3) is 0 Å². The highest BCUT2D eigenvalue weighted by atomic mass is 19.4. The van der Waals surface area contributed by atoms with Gasteiger partial charge in [0.2, 0.25) is 0 Å². The molecule has 3 rings (SSSR count). The van der Waals surface area contributed by atoms with Gasteiger partial charge in [-0.3, -0.25) is 0 Å². The molecular weight excluding hydrogens is 392 g/mol. The van der Waals surface area contributed by atoms with Gasteiger partial charge in [-0.15, -0.1) is 13.2 Å². The van der Waals surface area contributed by atoms with E-state index in [-0.39, 0.29) is 0 Å². The van der Waals surface area contributed by atoms with Gasteiger partial charge in [0, 0.05) is 6.07 Å². The maximum Gasteiger partial charge on any atom is 0.573 e. The summed E-state index contributed by atoms with van der Waals surface area (Å²) in [6.45, 7) is 0. The average molecular weight is 429 g/mol. The van der Waals surface area contributed by atoms with Gasteiger partial charge in [-0.1, -0.05) is 83.1 Å². The molecule has 0 heterocycles. The summed E-state index contributed by atoms with van der Waals surface area (Å²) in [5.41, 5.74) is 0.473. The highest BCUT2D eigenvalue weighted by Crippen LogP contribution is 2.42. The molecule has 0 unspecified atom stereocenters. The van der Waals surface area contributed by atoms with E-state index in [2.05, 4.69) is 4.74 Å². The molecule has 0 aliphatic heterocycles. The fourth-order valence-electron chi connectivity index (χ4n) is 5.78. The molecule has 2 saturated carbocycles. The number of rotatable bonds is 9. The summed E-state index contributed by atoms with van der Waals surface area (Å²) in [6.07, 6.45) is 14.1. The smallest absolute Gasteiger partial charge is 0.406 e. The summed E-state index contributed by atoms with van der Waals surface area (Å²) >= 11 is 0. The second-order valence-corrected chi connectivity index (χ2v) is 9.36. The van der Waals surface area contributed by atoms with Crippen molar-refractivity contribution >= 4 is 0 Å². The Morgan fingerprint density at radius 3 is 1.97 bits per heavy atom. The van der Waals surface area contributed by atoms with E-state index in [9.17, 15) is 17.6 Å². The van der Waals surface area contributed by atoms with E-state index in [1.165, 1.54) is 89.2 Å². The van der Waals surface area contributed by atoms with Gasteiger partial charge in [0.25, 0.3) is 0 Å². The van der Waals surface area contributed by atoms with Gasteiger partial charge in [-0.25, -0.2) is 4.39 Å². The summed E-state index contributed by atoms with van der Waals surface area (Å²) in [5.74, 6) is 1.56. The molecular formula is C25H36F4O. The van der Waals surface area contributed by atoms with E-state index >= 15 is 0 Å². The van der Waals surface area contributed by atoms with Crippen LogP contribution >= 0.6 is 0 Å². The van der Waals surface area contributed by atoms with Crippen LogP contribution in [0.2, 0.25) is 0 Å². The Bertz CT molecular complexity index is 613. The molecule has 0 atom stereocenters. The second kappa shape index (κ2) is 11.4. The van der Waals surface area contributed by atoms with Crippen molar-refractivity contribution in [1.29, 1.82) is 0 Å². The van der Waals surface area contributed by atoms with Crippen LogP contribution in [0.5, 0.6) is 5.75 Å². The normalized spacial score (nSPS) is 19.4. The molecule has 0 spiro atoms. The fraction of sp³-hybridized carbons (Fsp3) is 0.760. The number of aryl methyl sites for hydroxylation is 1. The van der Waals surface area contributed by atoms with E-state index in [1.807, 2.05) is 0 Å². The number of hydrogen-bond donors (Lipinski definition) is 0. The Morgan fingerprint density at radius 2 is 1.43 bits per heavy atom. The molecule has 5 heteroatoms. The van der Waals surface area contributed by atoms with Crippen LogP contribution in [-0.4, -0.2) is 6.36 Å². The number of halogens is 4. The number of ether oxygens (including phenoxy) is 1. The van der Waals surface area contributed by atoms with Crippen LogP contribution in [0.15, 0.2) is 18.2 Å². The topological polar surface area (TPSA) is 9.23 Å². The first kappa shape index (κ1) is 23.4. The van der Waals surface area contributed by atoms with Crippen LogP contribution in [0.3, 0.4) is 0 Å². The van der Waals surface area contributed by atoms with Crippen LogP contribution < -0.4 is 4.74 Å². The molecule has 2 aliphatic carbocycles. The Balaban J connectivity index is 1.44. The predicted octanol–water partition coefficient (Wildman–Crippen LogP) is 8.60. The minimum absolute atomic E-state index is 0.473. The Kier molecular flexibility index (Phi) is 8.88. The van der Waals surface area contributed by atoms with Gasteiger partial charge in [0.05, 0.1) is 0 Å². The number of hydrogen-bond acceptors (Lipinski definition) is 1. The second-order valence-electron chi connectivity index (χ2n) is 9.36. The van der Waals surface area contributed by atoms with Gasteiger partial charge in [-0.2, -0.15) is 0 Å². The monoisotopic (exact) mass is 428 g/mol. The van der Waals surface area contributed by atoms with Gasteiger partial charge < -0.3 is 4.74 Å². The zero-order valence-corrected chi connectivity index (χ0v) is 18.0. The zero-order chi connectivity index (χ0) is 21.4. The molecule has 0 aromatic heterocycles. The number of unbranched alkanes of at least 4 members (excludes halogenated alkanes) is 2. The molecule has 2 fully saturated rings. The van der Waals surface area contributed by atoms with E-state index in [1.54, 1.807) is 0 Å². The first-order valence-electron chi connectivity index (χ1n) is 12.0. The predicted molar refractivity (Wildman–Crippen MR) is 112 cm³/mol. The minimum atomic E-state index is -4.79. The van der Waals surface area contributed by atoms with Gasteiger partial charge in [0.15, 0.2) is 0 Å². The molecule has 1 aromatic carbocycles. The molecule has 1 aromatic rings. The molecule has 2 aliphatic rings. The van der Waals surface area contributed by atoms with Crippen LogP contribution in [0, 0.1) is 23.6 Å². The summed E-state index contributed by atoms with van der Waals surface area (Å²) < 4.78 is 54.6. The largest absolute Gasteiger partial charge is 0.573 e. The van der Waals surface area contributed by atoms with E-state index in [0.717, 1.165) is 36.7 Å². The lowest BCUT2D eigenvalue weighted by Crippen LogP contribution is -2.27. The van der Waals surface area contributed by atoms with Gasteiger partial charge >= 0.3 is 6.36 Å². The van der Waals surface area contributed by atoms with Crippen molar-refractivity contribution in [3.63, 3.8) is 0 Å². The van der Waals surface area contributed by atoms with Crippen LogP contribution in [0.1, 0.15) is 95.5 Å². The minimum Gasteiger partial charge on any atom is -0.406 e. The molecule has 0 bridgehead atoms. The van der Waals surface area contributed by atoms with Gasteiger partial charge in [0.1, 0.15) is 11.6 Å². The van der Waals surface area contributed by atoms with Crippen molar-refractivity contribution in [2.24, 2.45) is 17.8 Å². The van der Waals surface area contributed by atoms with Crippen LogP contribution in [0.4, 0.5) is 17.6 Å². The van der Waals surface area contributed by atoms with Crippen molar-refractivity contribution in [3.8, 4) is 5.75 Å². The quantitative estimate of drug-likeness (QED) is 0.283. The standard InChI is InChI=1S/C25H36F4O/c26-24-18-22(30-25(27,28)29)17-16-21(24)14-8-3-9-15-23(19-10-4-1-5-11-19)20-12-6-2-7-13-20/h16-20,23H,1-15H2. The fourth-order valence-corrected chi connectivity index (χ4v) is 5.78. The Hall–Kier alpha value is -1.26. The summed E-state index contributed by atoms with van der Waals surface area (Å²) in [7, 11) is 0. The maximum atomic E-state index is 14.1. The molecule has 0 saturated heterocycles. The lowest BCUT2D eigenvalue weighted by molar-refractivity contribution is -0.274. The molecule has 0 N–H and O–H groups in total. The highest BCUT2D eigenvalue weighted by molar-refractivity contribution is 5.29. The van der Waals surface area contributed by atoms with Crippen molar-refractivity contribution in [2.75, 3.05) is 0 Å². The van der Waals surface area contributed by atoms with E-state index in [0.29, 0.717) is 12.0 Å². The first-order chi connectivity index (χ1) is 14.4. The lowest BCUT2D eigenvalue weighted by Gasteiger charge is -2.38. The molecule has 30 heavy (non-hydrogen) atoms. The third-order valence-corrected chi connectivity index (χ3v) is 7.25. The lowest BCUT2D eigenvalue weighted by atomic mass is 9.68. The molecule has 1 nitrogen and oxygen atoms in total. The number of benzene rings is 1. The molecule has 0 amide bonds. The third-order valence-electron chi connectivity index (χ3n) is 7.25. The van der Waals surface area contributed by atoms with Crippen molar-refractivity contribution in [2.45, 2.75) is 103 Å². The Morgan fingerprint density at radius 1 is 0.833 bits per heavy atom. The van der Waals surface area contributed by atoms with Crippen molar-refractivity contribution < 1.29 is 22.3 Å². The highest BCUT2D eigenvalue weighted by Gasteiger charge is 2.32. The summed E-state index contributed by atoms with van der Waals surface area (Å²) in [6, 6.07) is 3.46. The third kappa shape index (κ3) is 7.46. The Labute approximate surface area is 178 Å². The number of alkyl halides is 3. The SMILES string of the molecule is Fc1cc(OC(F)(F)F)ccc1CCCCCC(C1CCCCC1)C1CCCCC1. The maximum absolute atomic E-state index is 14.1. The van der Waals surface area contributed by atoms with Gasteiger partial charge in [-0.05, 0) is 48.6 Å². The van der Waals surface area contributed by atoms with Crippen molar-refractivity contribution in [1.82, 2.24) is 0 Å². The van der Waals surface area contributed by atoms with E-state index < -0.39 is 17.9 Å². The zero-order valence-electron chi connectivity index (χ0n) is 18.0. The first-order valence-corrected chi connectivity index (χ1v) is 12.0. The van der Waals surface area contributed by atoms with Crippen molar-refractivity contribution in [3.05, 3.63) is 29.6 Å². The average Bonchev–Trinajstić information content (AvgIpc) is 2.72. The van der Waals surface area contributed by atoms with Crippen LogP contribution in [-0.2, 0) is 6.42 Å². The summed E-state index contributed by atoms with van der Waals surface area (Å²) in [5, 5.41) is 0. The summed E-state index contributed by atoms with van der Waals surface area (Å²) in [4.78, 5) is 0. The molecule has 0 radical (unpaired) electrons. The molecule has 170 valence electrons.